The molecule has 4 aromatic rings. The molecule has 0 fully saturated rings. The number of nitrogens with zero attached hydrogens (tertiary/aromatic N) is 2. The standard InChI is InChI=1S/C26H23N3O4/c1-18(30)20-11-13-21(14-12-20)27-24(31)17-29-23-10-6-5-9-22(23)25(32)28(26(29)33)16-15-19-7-3-2-4-8-19/h2-14H,15-17H2,1H3,(H,27,31). The number of fused-ring (bicyclic) bond motifs is 1. The van der Waals surface area contributed by atoms with Crippen LogP contribution in [0.1, 0.15) is 22.8 Å². The van der Waals surface area contributed by atoms with E-state index < -0.39 is 11.6 Å². The SMILES string of the molecule is CC(=O)c1ccc(NC(=O)Cn2c(=O)n(CCc3ccccc3)c(=O)c3ccccc32)cc1. The van der Waals surface area contributed by atoms with Gasteiger partial charge >= 0.3 is 5.69 Å². The topological polar surface area (TPSA) is 90.2 Å². The van der Waals surface area contributed by atoms with Gasteiger partial charge in [-0.1, -0.05) is 42.5 Å². The number of amides is 1. The lowest BCUT2D eigenvalue weighted by atomic mass is 10.1. The average Bonchev–Trinajstić information content (AvgIpc) is 2.83. The second-order valence-corrected chi connectivity index (χ2v) is 7.76. The van der Waals surface area contributed by atoms with Crippen LogP contribution >= 0.6 is 0 Å². The fraction of sp³-hybridized carbons (Fsp3) is 0.154. The maximum absolute atomic E-state index is 13.2. The number of para-hydroxylation sites is 1. The zero-order valence-electron chi connectivity index (χ0n) is 18.2. The van der Waals surface area contributed by atoms with E-state index in [0.29, 0.717) is 28.6 Å². The first-order chi connectivity index (χ1) is 15.9. The van der Waals surface area contributed by atoms with Crippen LogP contribution in [-0.4, -0.2) is 20.8 Å². The lowest BCUT2D eigenvalue weighted by Crippen LogP contribution is -2.42. The summed E-state index contributed by atoms with van der Waals surface area (Å²) in [6.07, 6.45) is 0.517. The highest BCUT2D eigenvalue weighted by atomic mass is 16.2. The van der Waals surface area contributed by atoms with E-state index in [0.717, 1.165) is 5.56 Å². The number of Topliss-reactive ketones (excluding diaryl/α,β-unsaturated/α-hetero) is 1. The van der Waals surface area contributed by atoms with Crippen molar-refractivity contribution in [3.8, 4) is 0 Å². The molecule has 0 atom stereocenters. The van der Waals surface area contributed by atoms with Gasteiger partial charge in [-0.25, -0.2) is 4.79 Å². The van der Waals surface area contributed by atoms with Gasteiger partial charge in [-0.2, -0.15) is 0 Å². The number of anilines is 1. The van der Waals surface area contributed by atoms with Crippen molar-refractivity contribution in [1.82, 2.24) is 9.13 Å². The highest BCUT2D eigenvalue weighted by molar-refractivity contribution is 5.95. The predicted molar refractivity (Wildman–Crippen MR) is 128 cm³/mol. The smallest absolute Gasteiger partial charge is 0.325 e. The zero-order valence-corrected chi connectivity index (χ0v) is 18.2. The Hall–Kier alpha value is -4.26. The normalized spacial score (nSPS) is 10.8. The maximum atomic E-state index is 13.2. The monoisotopic (exact) mass is 441 g/mol. The van der Waals surface area contributed by atoms with Gasteiger partial charge in [0.2, 0.25) is 5.91 Å². The molecule has 1 amide bonds. The van der Waals surface area contributed by atoms with Crippen molar-refractivity contribution < 1.29 is 9.59 Å². The minimum absolute atomic E-state index is 0.0661. The Balaban J connectivity index is 1.64. The summed E-state index contributed by atoms with van der Waals surface area (Å²) in [5.74, 6) is -0.477. The summed E-state index contributed by atoms with van der Waals surface area (Å²) in [6, 6.07) is 22.9. The van der Waals surface area contributed by atoms with Crippen LogP contribution in [0.25, 0.3) is 10.9 Å². The van der Waals surface area contributed by atoms with Crippen molar-refractivity contribution in [1.29, 1.82) is 0 Å². The van der Waals surface area contributed by atoms with Crippen molar-refractivity contribution in [2.45, 2.75) is 26.4 Å². The van der Waals surface area contributed by atoms with Gasteiger partial charge in [-0.15, -0.1) is 0 Å². The molecular weight excluding hydrogens is 418 g/mol. The molecular formula is C26H23N3O4. The van der Waals surface area contributed by atoms with Gasteiger partial charge < -0.3 is 5.32 Å². The fourth-order valence-electron chi connectivity index (χ4n) is 3.74. The molecule has 1 aromatic heterocycles. The Morgan fingerprint density at radius 2 is 1.48 bits per heavy atom. The summed E-state index contributed by atoms with van der Waals surface area (Å²) in [4.78, 5) is 50.4. The van der Waals surface area contributed by atoms with Gasteiger partial charge in [0, 0.05) is 17.8 Å². The number of nitrogens with one attached hydrogen (secondary N) is 1. The van der Waals surface area contributed by atoms with Crippen LogP contribution in [-0.2, 0) is 24.3 Å². The van der Waals surface area contributed by atoms with Crippen LogP contribution in [0.5, 0.6) is 0 Å². The van der Waals surface area contributed by atoms with E-state index >= 15 is 0 Å². The third-order valence-corrected chi connectivity index (χ3v) is 5.48. The molecule has 0 aliphatic rings. The van der Waals surface area contributed by atoms with Gasteiger partial charge in [0.15, 0.2) is 5.78 Å². The van der Waals surface area contributed by atoms with Gasteiger partial charge in [0.1, 0.15) is 6.54 Å². The molecule has 166 valence electrons. The molecule has 7 heteroatoms. The van der Waals surface area contributed by atoms with Crippen LogP contribution in [0.2, 0.25) is 0 Å². The summed E-state index contributed by atoms with van der Waals surface area (Å²) in [5.41, 5.74) is 1.57. The molecule has 0 aliphatic heterocycles. The highest BCUT2D eigenvalue weighted by Crippen LogP contribution is 2.12. The molecule has 4 rings (SSSR count). The molecule has 0 saturated carbocycles. The molecule has 0 spiro atoms. The third-order valence-electron chi connectivity index (χ3n) is 5.48. The van der Waals surface area contributed by atoms with E-state index in [1.165, 1.54) is 16.1 Å². The van der Waals surface area contributed by atoms with Crippen molar-refractivity contribution in [3.05, 3.63) is 111 Å². The van der Waals surface area contributed by atoms with Crippen LogP contribution in [0.3, 0.4) is 0 Å². The van der Waals surface area contributed by atoms with E-state index in [1.807, 2.05) is 30.3 Å². The molecule has 0 radical (unpaired) electrons. The lowest BCUT2D eigenvalue weighted by molar-refractivity contribution is -0.116. The molecule has 0 unspecified atom stereocenters. The molecule has 3 aromatic carbocycles. The van der Waals surface area contributed by atoms with Gasteiger partial charge in [-0.3, -0.25) is 23.5 Å². The molecule has 0 bridgehead atoms. The quantitative estimate of drug-likeness (QED) is 0.446. The van der Waals surface area contributed by atoms with Crippen molar-refractivity contribution in [2.75, 3.05) is 5.32 Å². The fourth-order valence-corrected chi connectivity index (χ4v) is 3.74. The molecule has 1 N–H and O–H groups in total. The minimum Gasteiger partial charge on any atom is -0.325 e. The first kappa shape index (κ1) is 22.0. The maximum Gasteiger partial charge on any atom is 0.331 e. The van der Waals surface area contributed by atoms with E-state index in [2.05, 4.69) is 5.32 Å². The first-order valence-corrected chi connectivity index (χ1v) is 10.6. The number of carbonyl (C=O) groups excluding carboxylic acids is 2. The number of hydrogen-bond donors (Lipinski definition) is 1. The minimum atomic E-state index is -0.531. The summed E-state index contributed by atoms with van der Waals surface area (Å²) >= 11 is 0. The summed E-state index contributed by atoms with van der Waals surface area (Å²) < 4.78 is 2.51. The number of hydrogen-bond acceptors (Lipinski definition) is 4. The Bertz CT molecular complexity index is 1430. The molecule has 7 nitrogen and oxygen atoms in total. The van der Waals surface area contributed by atoms with Gasteiger partial charge in [0.05, 0.1) is 10.9 Å². The summed E-state index contributed by atoms with van der Waals surface area (Å²) in [5, 5.41) is 3.12. The Kier molecular flexibility index (Phi) is 6.31. The largest absolute Gasteiger partial charge is 0.331 e. The predicted octanol–water partition coefficient (Wildman–Crippen LogP) is 3.25. The van der Waals surface area contributed by atoms with Crippen molar-refractivity contribution in [2.24, 2.45) is 0 Å². The number of carbonyl (C=O) groups is 2. The number of aryl methyl sites for hydroxylation is 1. The highest BCUT2D eigenvalue weighted by Gasteiger charge is 2.15. The molecule has 0 aliphatic carbocycles. The van der Waals surface area contributed by atoms with Crippen LogP contribution in [0.15, 0.2) is 88.5 Å². The summed E-state index contributed by atoms with van der Waals surface area (Å²) in [6.45, 7) is 1.43. The van der Waals surface area contributed by atoms with E-state index in [4.69, 9.17) is 0 Å². The van der Waals surface area contributed by atoms with E-state index in [1.54, 1.807) is 48.5 Å². The molecule has 1 heterocycles. The number of ketones is 1. The average molecular weight is 441 g/mol. The van der Waals surface area contributed by atoms with Crippen LogP contribution < -0.4 is 16.6 Å². The van der Waals surface area contributed by atoms with Crippen LogP contribution in [0.4, 0.5) is 5.69 Å². The lowest BCUT2D eigenvalue weighted by Gasteiger charge is -2.14. The van der Waals surface area contributed by atoms with Crippen LogP contribution in [0, 0.1) is 0 Å². The zero-order chi connectivity index (χ0) is 23.4. The first-order valence-electron chi connectivity index (χ1n) is 10.6. The molecule has 0 saturated heterocycles. The number of benzene rings is 3. The Labute approximate surface area is 189 Å². The van der Waals surface area contributed by atoms with Crippen molar-refractivity contribution in [3.63, 3.8) is 0 Å². The van der Waals surface area contributed by atoms with Crippen molar-refractivity contribution >= 4 is 28.3 Å². The second-order valence-electron chi connectivity index (χ2n) is 7.76. The number of aromatic nitrogens is 2. The Morgan fingerprint density at radius 3 is 2.18 bits per heavy atom. The number of rotatable bonds is 7. The Morgan fingerprint density at radius 1 is 0.818 bits per heavy atom. The molecule has 33 heavy (non-hydrogen) atoms. The third kappa shape index (κ3) is 4.82. The van der Waals surface area contributed by atoms with Gasteiger partial charge in [-0.05, 0) is 55.3 Å². The second kappa shape index (κ2) is 9.48. The van der Waals surface area contributed by atoms with E-state index in [-0.39, 0.29) is 24.4 Å². The van der Waals surface area contributed by atoms with Gasteiger partial charge in [0.25, 0.3) is 5.56 Å². The van der Waals surface area contributed by atoms with E-state index in [9.17, 15) is 19.2 Å². The summed E-state index contributed by atoms with van der Waals surface area (Å²) in [7, 11) is 0.